The van der Waals surface area contributed by atoms with Gasteiger partial charge >= 0.3 is 0 Å². The lowest BCUT2D eigenvalue weighted by Gasteiger charge is -2.36. The third kappa shape index (κ3) is 7.65. The molecule has 1 heterocycles. The molecule has 1 amide bonds. The van der Waals surface area contributed by atoms with E-state index in [0.717, 1.165) is 71.0 Å². The van der Waals surface area contributed by atoms with E-state index in [4.69, 9.17) is 9.73 Å². The number of carbonyl (C=O) groups is 1. The fourth-order valence-electron chi connectivity index (χ4n) is 3.07. The molecule has 146 valence electrons. The smallest absolute Gasteiger partial charge is 0.219 e. The maximum atomic E-state index is 11.4. The van der Waals surface area contributed by atoms with Crippen LogP contribution in [0.5, 0.6) is 0 Å². The van der Waals surface area contributed by atoms with Crippen molar-refractivity contribution in [3.05, 3.63) is 0 Å². The maximum Gasteiger partial charge on any atom is 0.219 e. The maximum absolute atomic E-state index is 11.4. The van der Waals surface area contributed by atoms with E-state index in [9.17, 15) is 4.79 Å². The van der Waals surface area contributed by atoms with Crippen LogP contribution in [-0.4, -0.2) is 98.7 Å². The lowest BCUT2D eigenvalue weighted by Crippen LogP contribution is -2.53. The number of hydrogen-bond acceptors (Lipinski definition) is 4. The summed E-state index contributed by atoms with van der Waals surface area (Å²) in [6.07, 6.45) is 2.61. The number of nitrogens with one attached hydrogen (secondary N) is 1. The topological polar surface area (TPSA) is 60.4 Å². The summed E-state index contributed by atoms with van der Waals surface area (Å²) in [7, 11) is 1.76. The second-order valence-corrected chi connectivity index (χ2v) is 6.49. The second kappa shape index (κ2) is 11.9. The fraction of sp³-hybridized carbons (Fsp3) is 0.882. The van der Waals surface area contributed by atoms with Gasteiger partial charge in [0.25, 0.3) is 0 Å². The van der Waals surface area contributed by atoms with Crippen molar-refractivity contribution in [2.24, 2.45) is 4.99 Å². The number of ether oxygens (including phenoxy) is 1. The number of carbonyl (C=O) groups excluding carboxylic acids is 1. The zero-order valence-electron chi connectivity index (χ0n) is 15.9. The molecule has 8 heteroatoms. The van der Waals surface area contributed by atoms with Gasteiger partial charge in [0.15, 0.2) is 5.96 Å². The summed E-state index contributed by atoms with van der Waals surface area (Å²) in [6.45, 7) is 11.4. The van der Waals surface area contributed by atoms with Crippen molar-refractivity contribution in [1.29, 1.82) is 0 Å². The number of methoxy groups -OCH3 is 1. The van der Waals surface area contributed by atoms with Crippen LogP contribution >= 0.6 is 24.0 Å². The van der Waals surface area contributed by atoms with Gasteiger partial charge in [-0.25, -0.2) is 0 Å². The summed E-state index contributed by atoms with van der Waals surface area (Å²) in [6, 6.07) is 0.733. The standard InChI is InChI=1S/C17H33N5O2.HI/c1-4-18-17(22-11-9-20(10-12-22)15(2)23)19-7-8-21(13-14-24-3)16-5-6-16;/h16H,4-14H2,1-3H3,(H,18,19);1H. The molecule has 0 unspecified atom stereocenters. The highest BCUT2D eigenvalue weighted by Crippen LogP contribution is 2.26. The van der Waals surface area contributed by atoms with Crippen LogP contribution in [0.1, 0.15) is 26.7 Å². The summed E-state index contributed by atoms with van der Waals surface area (Å²) in [4.78, 5) is 22.9. The number of aliphatic imine (C=N–C) groups is 1. The molecule has 0 radical (unpaired) electrons. The zero-order chi connectivity index (χ0) is 17.4. The first-order valence-corrected chi connectivity index (χ1v) is 9.17. The average molecular weight is 467 g/mol. The molecule has 2 fully saturated rings. The predicted molar refractivity (Wildman–Crippen MR) is 112 cm³/mol. The van der Waals surface area contributed by atoms with E-state index in [0.29, 0.717) is 0 Å². The minimum atomic E-state index is 0. The van der Waals surface area contributed by atoms with E-state index in [1.807, 2.05) is 4.90 Å². The first kappa shape index (κ1) is 22.4. The first-order valence-electron chi connectivity index (χ1n) is 9.17. The Morgan fingerprint density at radius 2 is 1.84 bits per heavy atom. The lowest BCUT2D eigenvalue weighted by molar-refractivity contribution is -0.130. The van der Waals surface area contributed by atoms with Crippen LogP contribution in [0.25, 0.3) is 0 Å². The van der Waals surface area contributed by atoms with Gasteiger partial charge in [-0.2, -0.15) is 0 Å². The highest BCUT2D eigenvalue weighted by molar-refractivity contribution is 14.0. The van der Waals surface area contributed by atoms with Crippen molar-refractivity contribution >= 4 is 35.8 Å². The number of piperazine rings is 1. The van der Waals surface area contributed by atoms with E-state index in [-0.39, 0.29) is 29.9 Å². The average Bonchev–Trinajstić information content (AvgIpc) is 3.42. The highest BCUT2D eigenvalue weighted by Gasteiger charge is 2.28. The third-order valence-electron chi connectivity index (χ3n) is 4.65. The Morgan fingerprint density at radius 1 is 1.20 bits per heavy atom. The molecule has 2 rings (SSSR count). The van der Waals surface area contributed by atoms with E-state index in [2.05, 4.69) is 22.0 Å². The predicted octanol–water partition coefficient (Wildman–Crippen LogP) is 0.845. The summed E-state index contributed by atoms with van der Waals surface area (Å²) in [5.74, 6) is 1.14. The minimum Gasteiger partial charge on any atom is -0.383 e. The number of rotatable bonds is 8. The molecule has 0 spiro atoms. The van der Waals surface area contributed by atoms with Gasteiger partial charge in [0, 0.05) is 65.9 Å². The molecule has 1 aliphatic heterocycles. The summed E-state index contributed by atoms with van der Waals surface area (Å²) < 4.78 is 5.21. The van der Waals surface area contributed by atoms with Crippen molar-refractivity contribution in [1.82, 2.24) is 20.0 Å². The van der Waals surface area contributed by atoms with Crippen molar-refractivity contribution in [2.75, 3.05) is 66.1 Å². The van der Waals surface area contributed by atoms with Gasteiger partial charge in [-0.15, -0.1) is 24.0 Å². The minimum absolute atomic E-state index is 0. The quantitative estimate of drug-likeness (QED) is 0.326. The van der Waals surface area contributed by atoms with Crippen LogP contribution in [0, 0.1) is 0 Å². The molecule has 1 saturated heterocycles. The number of nitrogens with zero attached hydrogens (tertiary/aromatic N) is 4. The van der Waals surface area contributed by atoms with Gasteiger partial charge in [-0.1, -0.05) is 0 Å². The third-order valence-corrected chi connectivity index (χ3v) is 4.65. The van der Waals surface area contributed by atoms with Crippen LogP contribution in [-0.2, 0) is 9.53 Å². The van der Waals surface area contributed by atoms with Crippen LogP contribution < -0.4 is 5.32 Å². The molecule has 0 aromatic heterocycles. The van der Waals surface area contributed by atoms with E-state index in [1.165, 1.54) is 12.8 Å². The Balaban J connectivity index is 0.00000312. The normalized spacial score (nSPS) is 18.3. The molecule has 0 aromatic carbocycles. The summed E-state index contributed by atoms with van der Waals surface area (Å²) in [5.41, 5.74) is 0. The monoisotopic (exact) mass is 467 g/mol. The molecule has 1 N–H and O–H groups in total. The molecule has 0 atom stereocenters. The van der Waals surface area contributed by atoms with Crippen molar-refractivity contribution in [3.63, 3.8) is 0 Å². The Hall–Kier alpha value is -0.610. The highest BCUT2D eigenvalue weighted by atomic mass is 127. The number of hydrogen-bond donors (Lipinski definition) is 1. The van der Waals surface area contributed by atoms with Gasteiger partial charge in [0.05, 0.1) is 13.2 Å². The molecular weight excluding hydrogens is 433 g/mol. The van der Waals surface area contributed by atoms with E-state index in [1.54, 1.807) is 14.0 Å². The van der Waals surface area contributed by atoms with Crippen LogP contribution in [0.2, 0.25) is 0 Å². The Morgan fingerprint density at radius 3 is 2.36 bits per heavy atom. The molecule has 0 bridgehead atoms. The first-order chi connectivity index (χ1) is 11.7. The lowest BCUT2D eigenvalue weighted by atomic mass is 10.3. The van der Waals surface area contributed by atoms with Gasteiger partial charge in [-0.3, -0.25) is 14.7 Å². The molecule has 7 nitrogen and oxygen atoms in total. The van der Waals surface area contributed by atoms with Crippen molar-refractivity contribution in [3.8, 4) is 0 Å². The summed E-state index contributed by atoms with van der Waals surface area (Å²) in [5, 5.41) is 3.39. The fourth-order valence-corrected chi connectivity index (χ4v) is 3.07. The van der Waals surface area contributed by atoms with Crippen LogP contribution in [0.15, 0.2) is 4.99 Å². The molecular formula is C17H34IN5O2. The van der Waals surface area contributed by atoms with Gasteiger partial charge in [-0.05, 0) is 19.8 Å². The van der Waals surface area contributed by atoms with E-state index < -0.39 is 0 Å². The molecule has 1 aliphatic carbocycles. The van der Waals surface area contributed by atoms with E-state index >= 15 is 0 Å². The zero-order valence-corrected chi connectivity index (χ0v) is 18.2. The molecule has 2 aliphatic rings. The second-order valence-electron chi connectivity index (χ2n) is 6.49. The van der Waals surface area contributed by atoms with Crippen molar-refractivity contribution < 1.29 is 9.53 Å². The summed E-state index contributed by atoms with van der Waals surface area (Å²) >= 11 is 0. The number of guanidine groups is 1. The van der Waals surface area contributed by atoms with Crippen LogP contribution in [0.4, 0.5) is 0 Å². The SMILES string of the molecule is CCNC(=NCCN(CCOC)C1CC1)N1CCN(C(C)=O)CC1.I. The van der Waals surface area contributed by atoms with Gasteiger partial charge in [0.2, 0.25) is 5.91 Å². The van der Waals surface area contributed by atoms with Crippen LogP contribution in [0.3, 0.4) is 0 Å². The number of halogens is 1. The number of amides is 1. The Kier molecular flexibility index (Phi) is 10.7. The largest absolute Gasteiger partial charge is 0.383 e. The van der Waals surface area contributed by atoms with Gasteiger partial charge in [0.1, 0.15) is 0 Å². The Labute approximate surface area is 169 Å². The Bertz CT molecular complexity index is 423. The van der Waals surface area contributed by atoms with Crippen molar-refractivity contribution in [2.45, 2.75) is 32.7 Å². The molecule has 1 saturated carbocycles. The molecule has 0 aromatic rings. The molecule has 25 heavy (non-hydrogen) atoms. The van der Waals surface area contributed by atoms with Gasteiger partial charge < -0.3 is 19.9 Å².